The molecule has 1 fully saturated rings. The zero-order valence-electron chi connectivity index (χ0n) is 12.4. The number of hydrogen-bond donors (Lipinski definition) is 2. The van der Waals surface area contributed by atoms with Gasteiger partial charge in [-0.05, 0) is 38.6 Å². The maximum absolute atomic E-state index is 4.26. The molecule has 0 aliphatic carbocycles. The molecule has 0 aromatic rings. The van der Waals surface area contributed by atoms with E-state index in [1.807, 2.05) is 18.8 Å². The number of halogens is 1. The molecule has 6 heteroatoms. The van der Waals surface area contributed by atoms with Gasteiger partial charge in [-0.2, -0.15) is 11.8 Å². The Morgan fingerprint density at radius 1 is 1.32 bits per heavy atom. The summed E-state index contributed by atoms with van der Waals surface area (Å²) >= 11 is 1.85. The van der Waals surface area contributed by atoms with E-state index >= 15 is 0 Å². The third-order valence-corrected chi connectivity index (χ3v) is 4.07. The Labute approximate surface area is 139 Å². The molecule has 0 aromatic carbocycles. The zero-order chi connectivity index (χ0) is 13.2. The average Bonchev–Trinajstić information content (AvgIpc) is 2.91. The smallest absolute Gasteiger partial charge is 0.191 e. The predicted molar refractivity (Wildman–Crippen MR) is 98.0 cm³/mol. The minimum absolute atomic E-state index is 0. The molecule has 1 aliphatic heterocycles. The Balaban J connectivity index is 0.00000324. The first kappa shape index (κ1) is 19.3. The summed E-state index contributed by atoms with van der Waals surface area (Å²) in [5.74, 6) is 2.05. The fraction of sp³-hybridized carbons (Fsp3) is 0.923. The Hall–Kier alpha value is 0.310. The Kier molecular flexibility index (Phi) is 12.3. The molecule has 2 N–H and O–H groups in total. The van der Waals surface area contributed by atoms with Crippen molar-refractivity contribution < 1.29 is 0 Å². The molecule has 0 amide bonds. The zero-order valence-corrected chi connectivity index (χ0v) is 15.6. The number of aliphatic imine (C=N–C) groups is 1. The molecular formula is C13H29IN4S. The molecule has 19 heavy (non-hydrogen) atoms. The van der Waals surface area contributed by atoms with Gasteiger partial charge in [0, 0.05) is 31.9 Å². The standard InChI is InChI=1S/C13H28N4S.HI/c1-4-12(17-8-5-6-9-17)11-16-13(14-2)15-7-10-18-3;/h12H,4-11H2,1-3H3,(H2,14,15,16);1H. The highest BCUT2D eigenvalue weighted by Gasteiger charge is 2.20. The summed E-state index contributed by atoms with van der Waals surface area (Å²) in [4.78, 5) is 6.86. The van der Waals surface area contributed by atoms with Crippen molar-refractivity contribution in [3.05, 3.63) is 0 Å². The van der Waals surface area contributed by atoms with Gasteiger partial charge in [0.2, 0.25) is 0 Å². The molecule has 4 nitrogen and oxygen atoms in total. The number of thioether (sulfide) groups is 1. The van der Waals surface area contributed by atoms with Gasteiger partial charge in [0.15, 0.2) is 5.96 Å². The van der Waals surface area contributed by atoms with Crippen molar-refractivity contribution in [1.29, 1.82) is 0 Å². The lowest BCUT2D eigenvalue weighted by atomic mass is 10.2. The van der Waals surface area contributed by atoms with E-state index < -0.39 is 0 Å². The van der Waals surface area contributed by atoms with Crippen LogP contribution in [0.25, 0.3) is 0 Å². The van der Waals surface area contributed by atoms with Crippen LogP contribution < -0.4 is 10.6 Å². The van der Waals surface area contributed by atoms with Crippen LogP contribution in [0.4, 0.5) is 0 Å². The number of guanidine groups is 1. The molecule has 114 valence electrons. The van der Waals surface area contributed by atoms with E-state index in [2.05, 4.69) is 33.7 Å². The van der Waals surface area contributed by atoms with Gasteiger partial charge in [-0.25, -0.2) is 0 Å². The van der Waals surface area contributed by atoms with Gasteiger partial charge in [0.05, 0.1) is 0 Å². The summed E-state index contributed by atoms with van der Waals surface area (Å²) in [7, 11) is 1.84. The van der Waals surface area contributed by atoms with E-state index in [4.69, 9.17) is 0 Å². The average molecular weight is 400 g/mol. The maximum Gasteiger partial charge on any atom is 0.191 e. The number of nitrogens with zero attached hydrogens (tertiary/aromatic N) is 2. The molecule has 0 spiro atoms. The first-order chi connectivity index (χ1) is 8.81. The van der Waals surface area contributed by atoms with Crippen molar-refractivity contribution in [1.82, 2.24) is 15.5 Å². The van der Waals surface area contributed by atoms with Crippen molar-refractivity contribution in [3.8, 4) is 0 Å². The summed E-state index contributed by atoms with van der Waals surface area (Å²) in [6, 6.07) is 0.645. The number of hydrogen-bond acceptors (Lipinski definition) is 3. The van der Waals surface area contributed by atoms with Gasteiger partial charge < -0.3 is 10.6 Å². The summed E-state index contributed by atoms with van der Waals surface area (Å²) < 4.78 is 0. The second kappa shape index (κ2) is 12.1. The van der Waals surface area contributed by atoms with Crippen LogP contribution in [0.5, 0.6) is 0 Å². The summed E-state index contributed by atoms with van der Waals surface area (Å²) in [6.07, 6.45) is 6.04. The number of rotatable bonds is 7. The molecule has 1 rings (SSSR count). The minimum atomic E-state index is 0. The molecule has 0 aromatic heterocycles. The van der Waals surface area contributed by atoms with Crippen LogP contribution in [0, 0.1) is 0 Å². The van der Waals surface area contributed by atoms with Crippen molar-refractivity contribution in [2.75, 3.05) is 45.2 Å². The normalized spacial score (nSPS) is 17.9. The summed E-state index contributed by atoms with van der Waals surface area (Å²) in [6.45, 7) is 6.77. The Bertz CT molecular complexity index is 245. The fourth-order valence-electron chi connectivity index (χ4n) is 2.34. The molecule has 1 unspecified atom stereocenters. The highest BCUT2D eigenvalue weighted by molar-refractivity contribution is 14.0. The van der Waals surface area contributed by atoms with Crippen molar-refractivity contribution in [3.63, 3.8) is 0 Å². The number of nitrogens with one attached hydrogen (secondary N) is 2. The van der Waals surface area contributed by atoms with E-state index in [0.29, 0.717) is 6.04 Å². The van der Waals surface area contributed by atoms with Crippen LogP contribution >= 0.6 is 35.7 Å². The van der Waals surface area contributed by atoms with Crippen molar-refractivity contribution in [2.45, 2.75) is 32.2 Å². The Morgan fingerprint density at radius 3 is 2.53 bits per heavy atom. The third-order valence-electron chi connectivity index (χ3n) is 3.46. The minimum Gasteiger partial charge on any atom is -0.356 e. The van der Waals surface area contributed by atoms with Crippen molar-refractivity contribution >= 4 is 41.7 Å². The quantitative estimate of drug-likeness (QED) is 0.297. The molecule has 1 heterocycles. The van der Waals surface area contributed by atoms with Crippen LogP contribution in [-0.2, 0) is 0 Å². The molecule has 0 saturated carbocycles. The van der Waals surface area contributed by atoms with Gasteiger partial charge in [-0.15, -0.1) is 24.0 Å². The lowest BCUT2D eigenvalue weighted by molar-refractivity contribution is 0.236. The second-order valence-corrected chi connectivity index (χ2v) is 5.66. The highest BCUT2D eigenvalue weighted by Crippen LogP contribution is 2.13. The fourth-order valence-corrected chi connectivity index (χ4v) is 2.65. The monoisotopic (exact) mass is 400 g/mol. The van der Waals surface area contributed by atoms with Gasteiger partial charge in [-0.1, -0.05) is 6.92 Å². The second-order valence-electron chi connectivity index (χ2n) is 4.68. The van der Waals surface area contributed by atoms with E-state index in [1.54, 1.807) is 0 Å². The molecular weight excluding hydrogens is 371 g/mol. The predicted octanol–water partition coefficient (Wildman–Crippen LogP) is 2.01. The topological polar surface area (TPSA) is 39.7 Å². The Morgan fingerprint density at radius 2 is 2.00 bits per heavy atom. The van der Waals surface area contributed by atoms with E-state index in [9.17, 15) is 0 Å². The number of likely N-dealkylation sites (tertiary alicyclic amines) is 1. The molecule has 1 saturated heterocycles. The van der Waals surface area contributed by atoms with Crippen LogP contribution in [-0.4, -0.2) is 62.1 Å². The molecule has 1 aliphatic rings. The highest BCUT2D eigenvalue weighted by atomic mass is 127. The molecule has 0 bridgehead atoms. The van der Waals surface area contributed by atoms with Gasteiger partial charge in [0.1, 0.15) is 0 Å². The van der Waals surface area contributed by atoms with Gasteiger partial charge in [-0.3, -0.25) is 9.89 Å². The third kappa shape index (κ3) is 7.60. The SMILES string of the molecule is CCC(CNC(=NC)NCCSC)N1CCCC1.I. The van der Waals surface area contributed by atoms with Crippen LogP contribution in [0.15, 0.2) is 4.99 Å². The first-order valence-corrected chi connectivity index (χ1v) is 8.38. The molecule has 1 atom stereocenters. The van der Waals surface area contributed by atoms with E-state index in [1.165, 1.54) is 32.4 Å². The maximum atomic E-state index is 4.26. The summed E-state index contributed by atoms with van der Waals surface area (Å²) in [5, 5.41) is 6.78. The van der Waals surface area contributed by atoms with Crippen LogP contribution in [0.3, 0.4) is 0 Å². The van der Waals surface area contributed by atoms with Gasteiger partial charge in [0.25, 0.3) is 0 Å². The summed E-state index contributed by atoms with van der Waals surface area (Å²) in [5.41, 5.74) is 0. The lowest BCUT2D eigenvalue weighted by Crippen LogP contribution is -2.46. The lowest BCUT2D eigenvalue weighted by Gasteiger charge is -2.27. The van der Waals surface area contributed by atoms with E-state index in [-0.39, 0.29) is 24.0 Å². The van der Waals surface area contributed by atoms with Crippen molar-refractivity contribution in [2.24, 2.45) is 4.99 Å². The van der Waals surface area contributed by atoms with Crippen LogP contribution in [0.2, 0.25) is 0 Å². The first-order valence-electron chi connectivity index (χ1n) is 6.99. The van der Waals surface area contributed by atoms with E-state index in [0.717, 1.165) is 24.8 Å². The largest absolute Gasteiger partial charge is 0.356 e. The van der Waals surface area contributed by atoms with Crippen LogP contribution in [0.1, 0.15) is 26.2 Å². The van der Waals surface area contributed by atoms with Gasteiger partial charge >= 0.3 is 0 Å². The molecule has 0 radical (unpaired) electrons.